The van der Waals surface area contributed by atoms with Crippen LogP contribution in [-0.2, 0) is 9.53 Å². The molecular formula is C17H17NO3. The Morgan fingerprint density at radius 2 is 1.81 bits per heavy atom. The third kappa shape index (κ3) is 4.18. The van der Waals surface area contributed by atoms with Crippen LogP contribution in [0.2, 0.25) is 0 Å². The minimum absolute atomic E-state index is 0.304. The fraction of sp³-hybridized carbons (Fsp3) is 0.176. The zero-order valence-corrected chi connectivity index (χ0v) is 12.1. The number of carbonyl (C=O) groups excluding carboxylic acids is 2. The van der Waals surface area contributed by atoms with E-state index in [2.05, 4.69) is 5.32 Å². The van der Waals surface area contributed by atoms with E-state index < -0.39 is 5.97 Å². The smallest absolute Gasteiger partial charge is 0.338 e. The van der Waals surface area contributed by atoms with E-state index in [1.54, 1.807) is 24.3 Å². The standard InChI is InChI=1S/C17H17NO3/c1-12-6-5-8-14(10-12)17(20)21-11-16(19)18-15-9-4-3-7-13(15)2/h3-10H,11H2,1-2H3,(H,18,19). The number of ether oxygens (including phenoxy) is 1. The van der Waals surface area contributed by atoms with Gasteiger partial charge in [0.15, 0.2) is 6.61 Å². The van der Waals surface area contributed by atoms with Gasteiger partial charge in [0, 0.05) is 5.69 Å². The minimum Gasteiger partial charge on any atom is -0.452 e. The third-order valence-corrected chi connectivity index (χ3v) is 3.01. The maximum atomic E-state index is 11.8. The van der Waals surface area contributed by atoms with Crippen LogP contribution in [0.1, 0.15) is 21.5 Å². The van der Waals surface area contributed by atoms with E-state index in [0.29, 0.717) is 11.3 Å². The van der Waals surface area contributed by atoms with Crippen molar-refractivity contribution in [2.75, 3.05) is 11.9 Å². The predicted molar refractivity (Wildman–Crippen MR) is 81.3 cm³/mol. The molecule has 0 saturated heterocycles. The van der Waals surface area contributed by atoms with Crippen molar-refractivity contribution in [3.8, 4) is 0 Å². The van der Waals surface area contributed by atoms with E-state index in [0.717, 1.165) is 11.1 Å². The van der Waals surface area contributed by atoms with Gasteiger partial charge in [0.05, 0.1) is 5.56 Å². The van der Waals surface area contributed by atoms with E-state index in [9.17, 15) is 9.59 Å². The molecule has 2 aromatic rings. The first-order chi connectivity index (χ1) is 10.1. The first kappa shape index (κ1) is 14.8. The van der Waals surface area contributed by atoms with Crippen LogP contribution >= 0.6 is 0 Å². The van der Waals surface area contributed by atoms with Crippen LogP contribution in [0.3, 0.4) is 0 Å². The van der Waals surface area contributed by atoms with Crippen LogP contribution in [0, 0.1) is 13.8 Å². The minimum atomic E-state index is -0.501. The summed E-state index contributed by atoms with van der Waals surface area (Å²) in [6.45, 7) is 3.48. The van der Waals surface area contributed by atoms with Crippen LogP contribution in [0.15, 0.2) is 48.5 Å². The molecule has 0 bridgehead atoms. The summed E-state index contributed by atoms with van der Waals surface area (Å²) in [4.78, 5) is 23.6. The van der Waals surface area contributed by atoms with Gasteiger partial charge in [-0.25, -0.2) is 4.79 Å². The number of hydrogen-bond donors (Lipinski definition) is 1. The highest BCUT2D eigenvalue weighted by molar-refractivity contribution is 5.95. The molecule has 0 saturated carbocycles. The summed E-state index contributed by atoms with van der Waals surface area (Å²) in [5, 5.41) is 2.71. The van der Waals surface area contributed by atoms with Gasteiger partial charge in [-0.3, -0.25) is 4.79 Å². The van der Waals surface area contributed by atoms with E-state index in [-0.39, 0.29) is 12.5 Å². The van der Waals surface area contributed by atoms with E-state index in [1.807, 2.05) is 38.1 Å². The van der Waals surface area contributed by atoms with E-state index in [1.165, 1.54) is 0 Å². The summed E-state index contributed by atoms with van der Waals surface area (Å²) in [6, 6.07) is 14.5. The van der Waals surface area contributed by atoms with Crippen molar-refractivity contribution in [1.29, 1.82) is 0 Å². The second kappa shape index (κ2) is 6.70. The highest BCUT2D eigenvalue weighted by Gasteiger charge is 2.10. The fourth-order valence-corrected chi connectivity index (χ4v) is 1.89. The second-order valence-electron chi connectivity index (χ2n) is 4.81. The third-order valence-electron chi connectivity index (χ3n) is 3.01. The van der Waals surface area contributed by atoms with Crippen molar-refractivity contribution in [1.82, 2.24) is 0 Å². The predicted octanol–water partition coefficient (Wildman–Crippen LogP) is 3.10. The zero-order chi connectivity index (χ0) is 15.2. The number of esters is 1. The van der Waals surface area contributed by atoms with E-state index in [4.69, 9.17) is 4.74 Å². The summed E-state index contributed by atoms with van der Waals surface area (Å²) in [6.07, 6.45) is 0. The van der Waals surface area contributed by atoms with Crippen molar-refractivity contribution < 1.29 is 14.3 Å². The Labute approximate surface area is 123 Å². The molecule has 0 aliphatic carbocycles. The molecule has 0 aliphatic heterocycles. The summed E-state index contributed by atoms with van der Waals surface area (Å²) < 4.78 is 5.01. The molecule has 0 unspecified atom stereocenters. The van der Waals surface area contributed by atoms with Gasteiger partial charge in [-0.1, -0.05) is 35.9 Å². The first-order valence-corrected chi connectivity index (χ1v) is 6.65. The fourth-order valence-electron chi connectivity index (χ4n) is 1.89. The van der Waals surface area contributed by atoms with Gasteiger partial charge in [-0.2, -0.15) is 0 Å². The molecule has 1 N–H and O–H groups in total. The molecule has 0 fully saturated rings. The Kier molecular flexibility index (Phi) is 4.72. The number of hydrogen-bond acceptors (Lipinski definition) is 3. The molecule has 0 atom stereocenters. The van der Waals surface area contributed by atoms with Crippen LogP contribution in [0.5, 0.6) is 0 Å². The maximum absolute atomic E-state index is 11.8. The topological polar surface area (TPSA) is 55.4 Å². The molecule has 0 aliphatic rings. The molecule has 4 nitrogen and oxygen atoms in total. The molecular weight excluding hydrogens is 266 g/mol. The number of benzene rings is 2. The van der Waals surface area contributed by atoms with Gasteiger partial charge in [0.25, 0.3) is 5.91 Å². The number of carbonyl (C=O) groups is 2. The molecule has 0 aromatic heterocycles. The van der Waals surface area contributed by atoms with Gasteiger partial charge in [0.1, 0.15) is 0 Å². The highest BCUT2D eigenvalue weighted by atomic mass is 16.5. The second-order valence-corrected chi connectivity index (χ2v) is 4.81. The molecule has 2 aromatic carbocycles. The lowest BCUT2D eigenvalue weighted by molar-refractivity contribution is -0.119. The Hall–Kier alpha value is -2.62. The molecule has 0 heterocycles. The molecule has 0 radical (unpaired) electrons. The lowest BCUT2D eigenvalue weighted by Crippen LogP contribution is -2.21. The van der Waals surface area contributed by atoms with Crippen LogP contribution in [0.4, 0.5) is 5.69 Å². The van der Waals surface area contributed by atoms with Crippen LogP contribution in [-0.4, -0.2) is 18.5 Å². The normalized spacial score (nSPS) is 10.0. The highest BCUT2D eigenvalue weighted by Crippen LogP contribution is 2.13. The van der Waals surface area contributed by atoms with Gasteiger partial charge in [0.2, 0.25) is 0 Å². The summed E-state index contributed by atoms with van der Waals surface area (Å²) in [7, 11) is 0. The first-order valence-electron chi connectivity index (χ1n) is 6.65. The Balaban J connectivity index is 1.90. The van der Waals surface area contributed by atoms with Gasteiger partial charge in [-0.05, 0) is 37.6 Å². The molecule has 1 amide bonds. The number of anilines is 1. The van der Waals surface area contributed by atoms with Gasteiger partial charge in [-0.15, -0.1) is 0 Å². The lowest BCUT2D eigenvalue weighted by atomic mass is 10.1. The average Bonchev–Trinajstić information content (AvgIpc) is 2.47. The van der Waals surface area contributed by atoms with Crippen molar-refractivity contribution in [3.05, 3.63) is 65.2 Å². The zero-order valence-electron chi connectivity index (χ0n) is 12.1. The molecule has 4 heteroatoms. The molecule has 0 spiro atoms. The van der Waals surface area contributed by atoms with Gasteiger partial charge < -0.3 is 10.1 Å². The van der Waals surface area contributed by atoms with E-state index >= 15 is 0 Å². The van der Waals surface area contributed by atoms with Crippen LogP contribution < -0.4 is 5.32 Å². The van der Waals surface area contributed by atoms with Crippen molar-refractivity contribution >= 4 is 17.6 Å². The largest absolute Gasteiger partial charge is 0.452 e. The average molecular weight is 283 g/mol. The number of amides is 1. The number of nitrogens with one attached hydrogen (secondary N) is 1. The van der Waals surface area contributed by atoms with Crippen molar-refractivity contribution in [3.63, 3.8) is 0 Å². The summed E-state index contributed by atoms with van der Waals surface area (Å²) >= 11 is 0. The molecule has 2 rings (SSSR count). The summed E-state index contributed by atoms with van der Waals surface area (Å²) in [5.74, 6) is -0.857. The maximum Gasteiger partial charge on any atom is 0.338 e. The van der Waals surface area contributed by atoms with Gasteiger partial charge >= 0.3 is 5.97 Å². The van der Waals surface area contributed by atoms with Crippen molar-refractivity contribution in [2.24, 2.45) is 0 Å². The molecule has 108 valence electrons. The number of aryl methyl sites for hydroxylation is 2. The quantitative estimate of drug-likeness (QED) is 0.877. The van der Waals surface area contributed by atoms with Crippen molar-refractivity contribution in [2.45, 2.75) is 13.8 Å². The monoisotopic (exact) mass is 283 g/mol. The number of rotatable bonds is 4. The molecule has 21 heavy (non-hydrogen) atoms. The Morgan fingerprint density at radius 1 is 1.05 bits per heavy atom. The SMILES string of the molecule is Cc1cccc(C(=O)OCC(=O)Nc2ccccc2C)c1. The number of para-hydroxylation sites is 1. The lowest BCUT2D eigenvalue weighted by Gasteiger charge is -2.08. The Bertz CT molecular complexity index is 665. The summed E-state index contributed by atoms with van der Waals surface area (Å²) in [5.41, 5.74) is 3.08. The van der Waals surface area contributed by atoms with Crippen LogP contribution in [0.25, 0.3) is 0 Å². The Morgan fingerprint density at radius 3 is 2.52 bits per heavy atom.